The van der Waals surface area contributed by atoms with E-state index in [2.05, 4.69) is 21.2 Å². The van der Waals surface area contributed by atoms with Crippen LogP contribution in [-0.4, -0.2) is 16.8 Å². The molecule has 0 spiro atoms. The van der Waals surface area contributed by atoms with Gasteiger partial charge in [-0.05, 0) is 31.9 Å². The molecule has 1 aliphatic carbocycles. The highest BCUT2D eigenvalue weighted by Crippen LogP contribution is 2.24. The van der Waals surface area contributed by atoms with Gasteiger partial charge < -0.3 is 5.32 Å². The molecule has 1 saturated carbocycles. The number of hydrogen-bond acceptors (Lipinski definition) is 2. The summed E-state index contributed by atoms with van der Waals surface area (Å²) in [6, 6.07) is 4.19. The van der Waals surface area contributed by atoms with Gasteiger partial charge in [-0.1, -0.05) is 35.2 Å². The van der Waals surface area contributed by atoms with Crippen LogP contribution in [-0.2, 0) is 0 Å². The molecule has 0 aromatic carbocycles. The second-order valence-corrected chi connectivity index (χ2v) is 7.11. The normalized spacial score (nSPS) is 25.3. The number of thiophene rings is 1. The van der Waals surface area contributed by atoms with Gasteiger partial charge in [0.25, 0.3) is 5.91 Å². The third-order valence-corrected chi connectivity index (χ3v) is 5.31. The largest absolute Gasteiger partial charge is 0.347 e. The predicted molar refractivity (Wildman–Crippen MR) is 76.1 cm³/mol. The molecular weight excluding hydrogens is 298 g/mol. The summed E-state index contributed by atoms with van der Waals surface area (Å²) in [6.07, 6.45) is 6.02. The first-order valence-electron chi connectivity index (χ1n) is 6.18. The van der Waals surface area contributed by atoms with Gasteiger partial charge >= 0.3 is 0 Å². The number of rotatable bonds is 2. The molecule has 1 aliphatic rings. The molecule has 2 atom stereocenters. The van der Waals surface area contributed by atoms with Crippen LogP contribution in [0.15, 0.2) is 12.1 Å². The minimum atomic E-state index is 0.0828. The van der Waals surface area contributed by atoms with E-state index in [1.165, 1.54) is 24.1 Å². The van der Waals surface area contributed by atoms with Crippen molar-refractivity contribution in [2.24, 2.45) is 0 Å². The molecule has 1 aromatic heterocycles. The lowest BCUT2D eigenvalue weighted by molar-refractivity contribution is 0.0939. The van der Waals surface area contributed by atoms with Gasteiger partial charge in [0, 0.05) is 15.7 Å². The Bertz CT molecular complexity index is 391. The minimum Gasteiger partial charge on any atom is -0.347 e. The van der Waals surface area contributed by atoms with Gasteiger partial charge in [0.1, 0.15) is 0 Å². The maximum absolute atomic E-state index is 12.1. The van der Waals surface area contributed by atoms with E-state index in [-0.39, 0.29) is 11.9 Å². The molecule has 2 unspecified atom stereocenters. The fourth-order valence-electron chi connectivity index (χ4n) is 2.22. The van der Waals surface area contributed by atoms with Gasteiger partial charge in [-0.3, -0.25) is 4.79 Å². The van der Waals surface area contributed by atoms with Crippen molar-refractivity contribution in [3.05, 3.63) is 21.9 Å². The molecule has 4 heteroatoms. The van der Waals surface area contributed by atoms with Crippen LogP contribution in [0.4, 0.5) is 0 Å². The SMILES string of the molecule is Cc1ccc(C(=O)NC2CCCCCC2Br)s1. The zero-order valence-corrected chi connectivity index (χ0v) is 12.4. The lowest BCUT2D eigenvalue weighted by atomic mass is 10.1. The molecule has 1 N–H and O–H groups in total. The zero-order valence-electron chi connectivity index (χ0n) is 10.0. The van der Waals surface area contributed by atoms with E-state index < -0.39 is 0 Å². The van der Waals surface area contributed by atoms with E-state index in [0.717, 1.165) is 17.7 Å². The predicted octanol–water partition coefficient (Wildman–Crippen LogP) is 3.88. The van der Waals surface area contributed by atoms with Crippen molar-refractivity contribution in [1.29, 1.82) is 0 Å². The van der Waals surface area contributed by atoms with E-state index in [0.29, 0.717) is 4.83 Å². The van der Waals surface area contributed by atoms with E-state index in [1.54, 1.807) is 11.3 Å². The van der Waals surface area contributed by atoms with Gasteiger partial charge in [0.05, 0.1) is 4.88 Å². The Balaban J connectivity index is 1.97. The lowest BCUT2D eigenvalue weighted by Gasteiger charge is -2.21. The Morgan fingerprint density at radius 3 is 2.82 bits per heavy atom. The smallest absolute Gasteiger partial charge is 0.261 e. The molecule has 1 amide bonds. The monoisotopic (exact) mass is 315 g/mol. The third-order valence-electron chi connectivity index (χ3n) is 3.21. The second kappa shape index (κ2) is 6.01. The van der Waals surface area contributed by atoms with Gasteiger partial charge in [-0.2, -0.15) is 0 Å². The Morgan fingerprint density at radius 2 is 2.12 bits per heavy atom. The summed E-state index contributed by atoms with van der Waals surface area (Å²) >= 11 is 5.26. The molecular formula is C13H18BrNOS. The third kappa shape index (κ3) is 3.55. The molecule has 0 bridgehead atoms. The van der Waals surface area contributed by atoms with Crippen LogP contribution in [0.1, 0.15) is 46.7 Å². The zero-order chi connectivity index (χ0) is 12.3. The van der Waals surface area contributed by atoms with Crippen LogP contribution in [0.25, 0.3) is 0 Å². The Kier molecular flexibility index (Phi) is 4.62. The van der Waals surface area contributed by atoms with E-state index in [4.69, 9.17) is 0 Å². The van der Waals surface area contributed by atoms with Crippen molar-refractivity contribution in [3.63, 3.8) is 0 Å². The van der Waals surface area contributed by atoms with Crippen LogP contribution in [0.3, 0.4) is 0 Å². The number of carbonyl (C=O) groups is 1. The highest BCUT2D eigenvalue weighted by atomic mass is 79.9. The number of amides is 1. The van der Waals surface area contributed by atoms with Crippen molar-refractivity contribution in [2.75, 3.05) is 0 Å². The highest BCUT2D eigenvalue weighted by molar-refractivity contribution is 9.09. The van der Waals surface area contributed by atoms with Gasteiger partial charge in [0.2, 0.25) is 0 Å². The average molecular weight is 316 g/mol. The maximum atomic E-state index is 12.1. The lowest BCUT2D eigenvalue weighted by Crippen LogP contribution is -2.39. The summed E-state index contributed by atoms with van der Waals surface area (Å²) in [7, 11) is 0. The van der Waals surface area contributed by atoms with Gasteiger partial charge in [-0.25, -0.2) is 0 Å². The standard InChI is InChI=1S/C13H18BrNOS/c1-9-7-8-12(17-9)13(16)15-11-6-4-2-3-5-10(11)14/h7-8,10-11H,2-6H2,1H3,(H,15,16). The first kappa shape index (κ1) is 13.1. The molecule has 2 nitrogen and oxygen atoms in total. The molecule has 17 heavy (non-hydrogen) atoms. The minimum absolute atomic E-state index is 0.0828. The van der Waals surface area contributed by atoms with Crippen LogP contribution in [0.5, 0.6) is 0 Å². The van der Waals surface area contributed by atoms with Crippen molar-refractivity contribution in [3.8, 4) is 0 Å². The number of halogens is 1. The number of aryl methyl sites for hydroxylation is 1. The molecule has 1 fully saturated rings. The van der Waals surface area contributed by atoms with E-state index >= 15 is 0 Å². The summed E-state index contributed by atoms with van der Waals surface area (Å²) in [5.41, 5.74) is 0. The van der Waals surface area contributed by atoms with E-state index in [1.807, 2.05) is 19.1 Å². The Hall–Kier alpha value is -0.350. The molecule has 94 valence electrons. The average Bonchev–Trinajstić information content (AvgIpc) is 2.63. The van der Waals surface area contributed by atoms with Gasteiger partial charge in [0.15, 0.2) is 0 Å². The topological polar surface area (TPSA) is 29.1 Å². The first-order valence-corrected chi connectivity index (χ1v) is 7.91. The number of hydrogen-bond donors (Lipinski definition) is 1. The van der Waals surface area contributed by atoms with Crippen molar-refractivity contribution in [1.82, 2.24) is 5.32 Å². The summed E-state index contributed by atoms with van der Waals surface area (Å²) < 4.78 is 0. The van der Waals surface area contributed by atoms with Crippen molar-refractivity contribution >= 4 is 33.2 Å². The van der Waals surface area contributed by atoms with Crippen molar-refractivity contribution < 1.29 is 4.79 Å². The fraction of sp³-hybridized carbons (Fsp3) is 0.615. The molecule has 2 rings (SSSR count). The summed E-state index contributed by atoms with van der Waals surface area (Å²) in [5, 5.41) is 3.16. The Morgan fingerprint density at radius 1 is 1.35 bits per heavy atom. The number of nitrogens with one attached hydrogen (secondary N) is 1. The fourth-order valence-corrected chi connectivity index (χ4v) is 3.71. The molecule has 0 radical (unpaired) electrons. The first-order chi connectivity index (χ1) is 8.16. The maximum Gasteiger partial charge on any atom is 0.261 e. The highest BCUT2D eigenvalue weighted by Gasteiger charge is 2.23. The summed E-state index contributed by atoms with van der Waals surface area (Å²) in [5.74, 6) is 0.0828. The molecule has 0 saturated heterocycles. The van der Waals surface area contributed by atoms with Crippen LogP contribution >= 0.6 is 27.3 Å². The second-order valence-electron chi connectivity index (χ2n) is 4.64. The molecule has 1 aromatic rings. The van der Waals surface area contributed by atoms with Crippen LogP contribution < -0.4 is 5.32 Å². The van der Waals surface area contributed by atoms with E-state index in [9.17, 15) is 4.79 Å². The van der Waals surface area contributed by atoms with Crippen LogP contribution in [0.2, 0.25) is 0 Å². The van der Waals surface area contributed by atoms with Crippen molar-refractivity contribution in [2.45, 2.75) is 49.9 Å². The number of carbonyl (C=O) groups excluding carboxylic acids is 1. The Labute approximate surface area is 115 Å². The quantitative estimate of drug-likeness (QED) is 0.651. The summed E-state index contributed by atoms with van der Waals surface area (Å²) in [6.45, 7) is 2.03. The molecule has 1 heterocycles. The molecule has 0 aliphatic heterocycles. The summed E-state index contributed by atoms with van der Waals surface area (Å²) in [4.78, 5) is 14.5. The van der Waals surface area contributed by atoms with Crippen LogP contribution in [0, 0.1) is 6.92 Å². The number of alkyl halides is 1. The van der Waals surface area contributed by atoms with Gasteiger partial charge in [-0.15, -0.1) is 11.3 Å².